The summed E-state index contributed by atoms with van der Waals surface area (Å²) in [5.74, 6) is 0.620. The average molecular weight is 683 g/mol. The summed E-state index contributed by atoms with van der Waals surface area (Å²) in [6.45, 7) is 12.7. The number of methoxy groups -OCH3 is 1. The van der Waals surface area contributed by atoms with Crippen molar-refractivity contribution in [2.45, 2.75) is 53.0 Å². The highest BCUT2D eigenvalue weighted by atomic mass is 35.5. The maximum atomic E-state index is 14.9. The number of halogens is 3. The second-order valence-electron chi connectivity index (χ2n) is 11.8. The van der Waals surface area contributed by atoms with E-state index in [4.69, 9.17) is 35.7 Å². The monoisotopic (exact) mass is 682 g/mol. The Hall–Kier alpha value is -4.08. The van der Waals surface area contributed by atoms with Gasteiger partial charge in [0.05, 0.1) is 24.5 Å². The van der Waals surface area contributed by atoms with E-state index in [9.17, 15) is 8.78 Å². The van der Waals surface area contributed by atoms with Gasteiger partial charge < -0.3 is 25.0 Å². The van der Waals surface area contributed by atoms with E-state index in [-0.39, 0.29) is 17.4 Å². The van der Waals surface area contributed by atoms with Crippen molar-refractivity contribution in [1.29, 1.82) is 0 Å². The minimum atomic E-state index is -0.599. The molecule has 11 heteroatoms. The van der Waals surface area contributed by atoms with Crippen LogP contribution in [-0.2, 0) is 20.7 Å². The molecule has 1 saturated heterocycles. The van der Waals surface area contributed by atoms with Crippen molar-refractivity contribution in [2.75, 3.05) is 52.3 Å². The molecule has 2 N–H and O–H groups in total. The lowest BCUT2D eigenvalue weighted by Gasteiger charge is -2.32. The molecular weight excluding hydrogens is 638 g/mol. The van der Waals surface area contributed by atoms with Gasteiger partial charge in [0.2, 0.25) is 0 Å². The number of piperidine rings is 1. The van der Waals surface area contributed by atoms with Gasteiger partial charge in [0.1, 0.15) is 17.4 Å². The van der Waals surface area contributed by atoms with E-state index < -0.39 is 11.6 Å². The minimum absolute atomic E-state index is 0.0395. The van der Waals surface area contributed by atoms with E-state index in [2.05, 4.69) is 22.5 Å². The number of hydrogen-bond donors (Lipinski definition) is 2. The number of aryl methyl sites for hydroxylation is 2. The van der Waals surface area contributed by atoms with Gasteiger partial charge in [-0.1, -0.05) is 23.7 Å². The topological polar surface area (TPSA) is 92.3 Å². The second-order valence-corrected chi connectivity index (χ2v) is 12.3. The highest BCUT2D eigenvalue weighted by Crippen LogP contribution is 2.32. The van der Waals surface area contributed by atoms with Crippen molar-refractivity contribution in [2.24, 2.45) is 4.99 Å². The van der Waals surface area contributed by atoms with Crippen molar-refractivity contribution >= 4 is 29.7 Å². The Morgan fingerprint density at radius 1 is 1.10 bits per heavy atom. The number of nitrogens with one attached hydrogen (secondary N) is 2. The van der Waals surface area contributed by atoms with Crippen LogP contribution in [0.4, 0.5) is 14.5 Å². The highest BCUT2D eigenvalue weighted by Gasteiger charge is 2.20. The summed E-state index contributed by atoms with van der Waals surface area (Å²) in [6.07, 6.45) is 5.15. The fourth-order valence-electron chi connectivity index (χ4n) is 5.56. The quantitative estimate of drug-likeness (QED) is 0.228. The number of allylic oxidation sites excluding steroid dienone is 1. The van der Waals surface area contributed by atoms with Gasteiger partial charge in [-0.3, -0.25) is 0 Å². The molecule has 48 heavy (non-hydrogen) atoms. The maximum Gasteiger partial charge on any atom is 0.373 e. The molecule has 0 spiro atoms. The number of aliphatic imine (C=N–C) groups is 1. The Bertz CT molecular complexity index is 1630. The third kappa shape index (κ3) is 10.7. The summed E-state index contributed by atoms with van der Waals surface area (Å²) in [7, 11) is 3.35. The van der Waals surface area contributed by atoms with Crippen LogP contribution in [0.3, 0.4) is 0 Å². The molecule has 0 unspecified atom stereocenters. The molecule has 0 aromatic heterocycles. The van der Waals surface area contributed by atoms with Crippen LogP contribution in [0.5, 0.6) is 5.75 Å². The lowest BCUT2D eigenvalue weighted by atomic mass is 9.98. The summed E-state index contributed by atoms with van der Waals surface area (Å²) in [4.78, 5) is 23.4. The molecule has 1 fully saturated rings. The molecule has 0 bridgehead atoms. The third-order valence-corrected chi connectivity index (χ3v) is 8.50. The highest BCUT2D eigenvalue weighted by molar-refractivity contribution is 6.30. The molecule has 3 aromatic carbocycles. The number of rotatable bonds is 9. The molecule has 0 atom stereocenters. The van der Waals surface area contributed by atoms with Crippen LogP contribution < -0.4 is 15.4 Å². The van der Waals surface area contributed by atoms with Gasteiger partial charge >= 0.3 is 6.15 Å². The fourth-order valence-corrected chi connectivity index (χ4v) is 5.82. The van der Waals surface area contributed by atoms with Crippen LogP contribution in [0, 0.1) is 25.5 Å². The van der Waals surface area contributed by atoms with E-state index in [1.54, 1.807) is 32.5 Å². The lowest BCUT2D eigenvalue weighted by Crippen LogP contribution is -2.43. The average Bonchev–Trinajstić information content (AvgIpc) is 3.53. The molecule has 0 radical (unpaired) electrons. The Kier molecular flexibility index (Phi) is 15.2. The standard InChI is InChI=1S/C27H36F2N4O.C9H9ClO.CO2/c1-18(2)27(32-22-10-12-33(13-11-22)14-15-34-5)31-17-21-16-20(7-6-19(21)3)25-23(28)8-9-24(30-4)26(25)29;1-6-4-7(10)5-9-8(6)2-3-11-9;2-1-3/h6-9,16-17,22,30,32H,10-15H2,1-5H3;4-5H,2-3H2,1H3;/b31-17-;;. The van der Waals surface area contributed by atoms with E-state index in [1.165, 1.54) is 23.3 Å². The summed E-state index contributed by atoms with van der Waals surface area (Å²) in [5.41, 5.74) is 6.15. The van der Waals surface area contributed by atoms with Crippen LogP contribution in [0.15, 0.2) is 58.9 Å². The number of likely N-dealkylation sites (tertiary alicyclic amines) is 1. The van der Waals surface area contributed by atoms with Crippen LogP contribution >= 0.6 is 11.6 Å². The first kappa shape index (κ1) is 38.4. The minimum Gasteiger partial charge on any atom is -0.493 e. The fraction of sp³-hybridized carbons (Fsp3) is 0.405. The Labute approximate surface area is 287 Å². The second kappa shape index (κ2) is 19.1. The van der Waals surface area contributed by atoms with Crippen LogP contribution in [0.25, 0.3) is 11.1 Å². The number of carbonyl (C=O) groups excluding carboxylic acids is 2. The molecule has 8 nitrogen and oxygen atoms in total. The van der Waals surface area contributed by atoms with Gasteiger partial charge in [-0.25, -0.2) is 13.8 Å². The van der Waals surface area contributed by atoms with Gasteiger partial charge in [0.25, 0.3) is 0 Å². The molecule has 0 amide bonds. The van der Waals surface area contributed by atoms with Gasteiger partial charge in [0, 0.05) is 63.1 Å². The SMILES string of the molecule is CNc1ccc(F)c(-c2ccc(C)c(/C=N\C(NC3CCN(CCOC)CC3)=C(C)C)c2)c1F.Cc1cc(Cl)cc2c1CCO2.O=C=O. The first-order valence-corrected chi connectivity index (χ1v) is 16.3. The first-order chi connectivity index (χ1) is 23.0. The van der Waals surface area contributed by atoms with E-state index in [0.29, 0.717) is 11.6 Å². The molecule has 0 aliphatic carbocycles. The predicted octanol–water partition coefficient (Wildman–Crippen LogP) is 7.35. The molecule has 5 rings (SSSR count). The van der Waals surface area contributed by atoms with Crippen LogP contribution in [0.2, 0.25) is 5.02 Å². The lowest BCUT2D eigenvalue weighted by molar-refractivity contribution is -0.191. The van der Waals surface area contributed by atoms with Gasteiger partial charge in [0.15, 0.2) is 5.82 Å². The summed E-state index contributed by atoms with van der Waals surface area (Å²) in [6, 6.07) is 12.3. The van der Waals surface area contributed by atoms with E-state index >= 15 is 0 Å². The first-order valence-electron chi connectivity index (χ1n) is 15.9. The van der Waals surface area contributed by atoms with Crippen molar-refractivity contribution in [3.05, 3.63) is 92.8 Å². The van der Waals surface area contributed by atoms with Crippen molar-refractivity contribution in [3.8, 4) is 16.9 Å². The third-order valence-electron chi connectivity index (χ3n) is 8.28. The number of fused-ring (bicyclic) bond motifs is 1. The van der Waals surface area contributed by atoms with Crippen molar-refractivity contribution < 1.29 is 27.8 Å². The smallest absolute Gasteiger partial charge is 0.373 e. The molecular formula is C37H45ClF2N4O4. The van der Waals surface area contributed by atoms with E-state index in [1.807, 2.05) is 39.0 Å². The maximum absolute atomic E-state index is 14.9. The number of hydrogen-bond acceptors (Lipinski definition) is 8. The predicted molar refractivity (Wildman–Crippen MR) is 187 cm³/mol. The zero-order valence-corrected chi connectivity index (χ0v) is 29.3. The summed E-state index contributed by atoms with van der Waals surface area (Å²) >= 11 is 5.85. The number of anilines is 1. The Balaban J connectivity index is 0.000000368. The Morgan fingerprint density at radius 2 is 1.81 bits per heavy atom. The van der Waals surface area contributed by atoms with E-state index in [0.717, 1.165) is 85.4 Å². The number of benzene rings is 3. The number of ether oxygens (including phenoxy) is 2. The van der Waals surface area contributed by atoms with Crippen LogP contribution in [0.1, 0.15) is 48.9 Å². The molecule has 2 aliphatic rings. The molecule has 0 saturated carbocycles. The van der Waals surface area contributed by atoms with Crippen molar-refractivity contribution in [1.82, 2.24) is 10.2 Å². The summed E-state index contributed by atoms with van der Waals surface area (Å²) < 4.78 is 40.0. The van der Waals surface area contributed by atoms with Gasteiger partial charge in [-0.2, -0.15) is 9.59 Å². The number of nitrogens with zero attached hydrogens (tertiary/aromatic N) is 2. The summed E-state index contributed by atoms with van der Waals surface area (Å²) in [5, 5.41) is 7.13. The Morgan fingerprint density at radius 3 is 2.46 bits per heavy atom. The van der Waals surface area contributed by atoms with Gasteiger partial charge in [-0.05, 0) is 98.7 Å². The molecule has 258 valence electrons. The molecule has 2 aliphatic heterocycles. The van der Waals surface area contributed by atoms with Gasteiger partial charge in [-0.15, -0.1) is 0 Å². The van der Waals surface area contributed by atoms with Crippen molar-refractivity contribution in [3.63, 3.8) is 0 Å². The largest absolute Gasteiger partial charge is 0.493 e. The van der Waals surface area contributed by atoms with Crippen LogP contribution in [-0.4, -0.2) is 70.3 Å². The normalized spacial score (nSPS) is 14.1. The zero-order valence-electron chi connectivity index (χ0n) is 28.5. The molecule has 2 heterocycles. The molecule has 3 aromatic rings. The zero-order chi connectivity index (χ0) is 35.2.